The number of alkyl halides is 1. The molecule has 0 aliphatic carbocycles. The van der Waals surface area contributed by atoms with Crippen molar-refractivity contribution >= 4 is 23.3 Å². The highest BCUT2D eigenvalue weighted by Crippen LogP contribution is 2.40. The first-order valence-corrected chi connectivity index (χ1v) is 8.59. The lowest BCUT2D eigenvalue weighted by Gasteiger charge is -2.35. The monoisotopic (exact) mass is 351 g/mol. The van der Waals surface area contributed by atoms with E-state index in [1.54, 1.807) is 30.2 Å². The predicted molar refractivity (Wildman–Crippen MR) is 91.0 cm³/mol. The first-order valence-electron chi connectivity index (χ1n) is 8.06. The van der Waals surface area contributed by atoms with Crippen molar-refractivity contribution in [3.8, 4) is 11.5 Å². The van der Waals surface area contributed by atoms with Crippen LogP contribution >= 0.6 is 11.6 Å². The number of ketones is 1. The molecule has 0 radical (unpaired) electrons. The van der Waals surface area contributed by atoms with E-state index in [0.29, 0.717) is 36.6 Å². The molecule has 2 aliphatic heterocycles. The zero-order valence-electron chi connectivity index (χ0n) is 14.2. The van der Waals surface area contributed by atoms with Crippen molar-refractivity contribution in [2.75, 3.05) is 26.1 Å². The quantitative estimate of drug-likeness (QED) is 0.786. The van der Waals surface area contributed by atoms with Crippen LogP contribution < -0.4 is 9.47 Å². The van der Waals surface area contributed by atoms with Gasteiger partial charge in [0, 0.05) is 18.8 Å². The van der Waals surface area contributed by atoms with E-state index in [1.807, 2.05) is 13.8 Å². The molecule has 2 aliphatic rings. The molecule has 2 heterocycles. The Balaban J connectivity index is 1.82. The van der Waals surface area contributed by atoms with E-state index in [1.165, 1.54) is 0 Å². The van der Waals surface area contributed by atoms with Gasteiger partial charge in [-0.05, 0) is 32.0 Å². The molecular weight excluding hydrogens is 330 g/mol. The molecule has 1 unspecified atom stereocenters. The highest BCUT2D eigenvalue weighted by atomic mass is 35.5. The maximum absolute atomic E-state index is 12.6. The lowest BCUT2D eigenvalue weighted by molar-refractivity contribution is -0.139. The van der Waals surface area contributed by atoms with Crippen LogP contribution in [0, 0.1) is 5.41 Å². The summed E-state index contributed by atoms with van der Waals surface area (Å²) < 4.78 is 11.3. The normalized spacial score (nSPS) is 23.2. The number of carbonyl (C=O) groups is 2. The average molecular weight is 352 g/mol. The molecule has 1 amide bonds. The lowest BCUT2D eigenvalue weighted by Crippen LogP contribution is -2.47. The van der Waals surface area contributed by atoms with Crippen LogP contribution in [-0.4, -0.2) is 48.3 Å². The first-order chi connectivity index (χ1) is 11.3. The van der Waals surface area contributed by atoms with Gasteiger partial charge in [0.2, 0.25) is 5.91 Å². The van der Waals surface area contributed by atoms with E-state index in [2.05, 4.69) is 0 Å². The Labute approximate surface area is 146 Å². The zero-order chi connectivity index (χ0) is 17.5. The number of Topliss-reactive ketones (excluding diaryl/α,β-unsaturated/α-hetero) is 1. The number of rotatable bonds is 3. The number of benzene rings is 1. The Morgan fingerprint density at radius 3 is 2.88 bits per heavy atom. The largest absolute Gasteiger partial charge is 0.497 e. The molecule has 130 valence electrons. The molecule has 5 nitrogen and oxygen atoms in total. The van der Waals surface area contributed by atoms with Crippen LogP contribution in [0.1, 0.15) is 37.0 Å². The average Bonchev–Trinajstić information content (AvgIpc) is 2.96. The van der Waals surface area contributed by atoms with E-state index >= 15 is 0 Å². The summed E-state index contributed by atoms with van der Waals surface area (Å²) in [6.07, 6.45) is 0.923. The van der Waals surface area contributed by atoms with Gasteiger partial charge in [-0.1, -0.05) is 0 Å². The maximum Gasteiger partial charge on any atom is 0.229 e. The molecule has 0 N–H and O–H groups in total. The fraction of sp³-hybridized carbons (Fsp3) is 0.556. The number of likely N-dealkylation sites (tertiary alicyclic amines) is 1. The second kappa shape index (κ2) is 5.96. The second-order valence-corrected chi connectivity index (χ2v) is 7.51. The summed E-state index contributed by atoms with van der Waals surface area (Å²) in [5, 5.41) is 0. The third kappa shape index (κ3) is 2.86. The van der Waals surface area contributed by atoms with Gasteiger partial charge in [-0.25, -0.2) is 0 Å². The fourth-order valence-corrected chi connectivity index (χ4v) is 3.45. The molecule has 1 aromatic rings. The van der Waals surface area contributed by atoms with Gasteiger partial charge in [0.1, 0.15) is 17.1 Å². The van der Waals surface area contributed by atoms with Gasteiger partial charge in [-0.15, -0.1) is 11.6 Å². The van der Waals surface area contributed by atoms with E-state index in [-0.39, 0.29) is 24.0 Å². The van der Waals surface area contributed by atoms with Crippen LogP contribution in [0.3, 0.4) is 0 Å². The van der Waals surface area contributed by atoms with Gasteiger partial charge < -0.3 is 14.4 Å². The maximum atomic E-state index is 12.6. The Kier molecular flexibility index (Phi) is 4.24. The minimum Gasteiger partial charge on any atom is -0.497 e. The van der Waals surface area contributed by atoms with Crippen LogP contribution in [0.25, 0.3) is 0 Å². The lowest BCUT2D eigenvalue weighted by atomic mass is 9.89. The van der Waals surface area contributed by atoms with E-state index in [4.69, 9.17) is 21.1 Å². The number of nitrogens with zero attached hydrogens (tertiary/aromatic N) is 1. The first kappa shape index (κ1) is 17.1. The summed E-state index contributed by atoms with van der Waals surface area (Å²) in [6, 6.07) is 5.25. The van der Waals surface area contributed by atoms with Crippen molar-refractivity contribution < 1.29 is 19.1 Å². The number of methoxy groups -OCH3 is 1. The summed E-state index contributed by atoms with van der Waals surface area (Å²) in [5.74, 6) is 1.50. The molecule has 1 spiro atoms. The van der Waals surface area contributed by atoms with Gasteiger partial charge in [-0.2, -0.15) is 0 Å². The van der Waals surface area contributed by atoms with Gasteiger partial charge >= 0.3 is 0 Å². The van der Waals surface area contributed by atoms with E-state index in [9.17, 15) is 9.59 Å². The second-order valence-electron chi connectivity index (χ2n) is 7.24. The molecule has 0 aromatic heterocycles. The van der Waals surface area contributed by atoms with Gasteiger partial charge in [-0.3, -0.25) is 9.59 Å². The fourth-order valence-electron chi connectivity index (χ4n) is 3.33. The molecule has 1 atom stereocenters. The standard InChI is InChI=1S/C18H22ClNO4/c1-17(2,10-19)16(22)20-7-6-18(11-20)9-14(21)13-8-12(23-3)4-5-15(13)24-18/h4-5,8H,6-7,9-11H2,1-3H3. The van der Waals surface area contributed by atoms with Gasteiger partial charge in [0.25, 0.3) is 0 Å². The predicted octanol–water partition coefficient (Wildman–Crippen LogP) is 2.90. The van der Waals surface area contributed by atoms with Gasteiger partial charge in [0.05, 0.1) is 31.1 Å². The number of amides is 1. The minimum atomic E-state index is -0.628. The van der Waals surface area contributed by atoms with Crippen molar-refractivity contribution in [2.45, 2.75) is 32.3 Å². The summed E-state index contributed by atoms with van der Waals surface area (Å²) >= 11 is 5.92. The molecule has 1 fully saturated rings. The Hall–Kier alpha value is -1.75. The van der Waals surface area contributed by atoms with Crippen molar-refractivity contribution in [1.29, 1.82) is 0 Å². The van der Waals surface area contributed by atoms with E-state index in [0.717, 1.165) is 0 Å². The van der Waals surface area contributed by atoms with Crippen molar-refractivity contribution in [1.82, 2.24) is 4.90 Å². The van der Waals surface area contributed by atoms with Crippen LogP contribution in [0.4, 0.5) is 0 Å². The Morgan fingerprint density at radius 1 is 1.46 bits per heavy atom. The van der Waals surface area contributed by atoms with Crippen LogP contribution in [0.15, 0.2) is 18.2 Å². The number of carbonyl (C=O) groups excluding carboxylic acids is 2. The summed E-state index contributed by atoms with van der Waals surface area (Å²) in [6.45, 7) is 4.67. The number of fused-ring (bicyclic) bond motifs is 1. The third-order valence-corrected chi connectivity index (χ3v) is 5.48. The number of halogens is 1. The van der Waals surface area contributed by atoms with Crippen molar-refractivity contribution in [2.24, 2.45) is 5.41 Å². The van der Waals surface area contributed by atoms with E-state index < -0.39 is 11.0 Å². The number of hydrogen-bond acceptors (Lipinski definition) is 4. The van der Waals surface area contributed by atoms with Crippen LogP contribution in [0.2, 0.25) is 0 Å². The van der Waals surface area contributed by atoms with Gasteiger partial charge in [0.15, 0.2) is 5.78 Å². The smallest absolute Gasteiger partial charge is 0.229 e. The Bertz CT molecular complexity index is 688. The van der Waals surface area contributed by atoms with Crippen LogP contribution in [-0.2, 0) is 4.79 Å². The number of hydrogen-bond donors (Lipinski definition) is 0. The minimum absolute atomic E-state index is 0.00551. The summed E-state index contributed by atoms with van der Waals surface area (Å²) in [5.41, 5.74) is -0.695. The SMILES string of the molecule is COc1ccc2c(c1)C(=O)CC1(CCN(C(=O)C(C)(C)CCl)C1)O2. The van der Waals surface area contributed by atoms with Crippen molar-refractivity contribution in [3.05, 3.63) is 23.8 Å². The highest BCUT2D eigenvalue weighted by molar-refractivity contribution is 6.19. The molecule has 0 bridgehead atoms. The van der Waals surface area contributed by atoms with Crippen molar-refractivity contribution in [3.63, 3.8) is 0 Å². The molecule has 3 rings (SSSR count). The third-order valence-electron chi connectivity index (χ3n) is 4.81. The topological polar surface area (TPSA) is 55.8 Å². The molecule has 6 heteroatoms. The highest BCUT2D eigenvalue weighted by Gasteiger charge is 2.48. The molecule has 1 aromatic carbocycles. The molecule has 0 saturated carbocycles. The molecule has 1 saturated heterocycles. The summed E-state index contributed by atoms with van der Waals surface area (Å²) in [4.78, 5) is 27.0. The number of ether oxygens (including phenoxy) is 2. The molecular formula is C18H22ClNO4. The molecule has 24 heavy (non-hydrogen) atoms. The van der Waals surface area contributed by atoms with Crippen LogP contribution in [0.5, 0.6) is 11.5 Å². The Morgan fingerprint density at radius 2 is 2.21 bits per heavy atom. The zero-order valence-corrected chi connectivity index (χ0v) is 15.0. The summed E-state index contributed by atoms with van der Waals surface area (Å²) in [7, 11) is 1.57.